The number of nitriles is 1. The summed E-state index contributed by atoms with van der Waals surface area (Å²) in [6.07, 6.45) is -4.69. The lowest BCUT2D eigenvalue weighted by Gasteiger charge is -2.41. The SMILES string of the molecule is COCCNC(=O)C1CN(c2ccc(C#N)c(C(F)(F)F)c2)CCN1C(=O)c1ccsc1. The van der Waals surface area contributed by atoms with Gasteiger partial charge in [0.05, 0.1) is 29.4 Å². The fourth-order valence-corrected chi connectivity index (χ4v) is 4.12. The van der Waals surface area contributed by atoms with Crippen molar-refractivity contribution in [3.63, 3.8) is 0 Å². The fourth-order valence-electron chi connectivity index (χ4n) is 3.49. The number of piperazine rings is 1. The zero-order valence-corrected chi connectivity index (χ0v) is 18.0. The molecule has 11 heteroatoms. The minimum atomic E-state index is -4.69. The number of ether oxygens (including phenoxy) is 1. The van der Waals surface area contributed by atoms with Crippen molar-refractivity contribution in [1.82, 2.24) is 10.2 Å². The van der Waals surface area contributed by atoms with E-state index < -0.39 is 29.3 Å². The van der Waals surface area contributed by atoms with Crippen LogP contribution in [0.5, 0.6) is 0 Å². The molecule has 1 fully saturated rings. The highest BCUT2D eigenvalue weighted by atomic mass is 32.1. The number of rotatable bonds is 6. The van der Waals surface area contributed by atoms with Gasteiger partial charge in [-0.3, -0.25) is 9.59 Å². The van der Waals surface area contributed by atoms with Gasteiger partial charge in [-0.05, 0) is 29.6 Å². The minimum Gasteiger partial charge on any atom is -0.383 e. The molecule has 170 valence electrons. The quantitative estimate of drug-likeness (QED) is 0.662. The van der Waals surface area contributed by atoms with Gasteiger partial charge in [0, 0.05) is 44.4 Å². The molecule has 1 atom stereocenters. The molecule has 0 saturated carbocycles. The fraction of sp³-hybridized carbons (Fsp3) is 0.381. The average Bonchev–Trinajstić information content (AvgIpc) is 3.32. The van der Waals surface area contributed by atoms with E-state index in [1.54, 1.807) is 27.8 Å². The first-order chi connectivity index (χ1) is 15.3. The predicted octanol–water partition coefficient (Wildman–Crippen LogP) is 2.73. The molecular formula is C21H21F3N4O3S. The Morgan fingerprint density at radius 3 is 2.72 bits per heavy atom. The smallest absolute Gasteiger partial charge is 0.383 e. The molecule has 1 aliphatic heterocycles. The first kappa shape index (κ1) is 23.6. The van der Waals surface area contributed by atoms with Crippen LogP contribution in [0.25, 0.3) is 0 Å². The molecule has 1 unspecified atom stereocenters. The van der Waals surface area contributed by atoms with E-state index in [0.717, 1.165) is 12.1 Å². The maximum atomic E-state index is 13.4. The van der Waals surface area contributed by atoms with E-state index in [-0.39, 0.29) is 44.4 Å². The minimum absolute atomic E-state index is 0.0118. The number of thiophene rings is 1. The standard InChI is InChI=1S/C21H21F3N4O3S/c1-31-8-5-26-19(29)18-12-27(6-7-28(18)20(30)15-4-9-32-13-15)16-3-2-14(11-25)17(10-16)21(22,23)24/h2-4,9-10,13,18H,5-8,12H2,1H3,(H,26,29). The lowest BCUT2D eigenvalue weighted by Crippen LogP contribution is -2.61. The van der Waals surface area contributed by atoms with E-state index in [2.05, 4.69) is 5.32 Å². The van der Waals surface area contributed by atoms with Crippen LogP contribution in [-0.2, 0) is 15.7 Å². The number of halogens is 3. The lowest BCUT2D eigenvalue weighted by molar-refractivity contribution is -0.137. The molecule has 0 spiro atoms. The van der Waals surface area contributed by atoms with Gasteiger partial charge < -0.3 is 19.9 Å². The van der Waals surface area contributed by atoms with Crippen LogP contribution in [0.3, 0.4) is 0 Å². The molecule has 0 aliphatic carbocycles. The monoisotopic (exact) mass is 466 g/mol. The third-order valence-corrected chi connectivity index (χ3v) is 5.79. The number of alkyl halides is 3. The second kappa shape index (κ2) is 10.0. The maximum absolute atomic E-state index is 13.4. The Morgan fingerprint density at radius 2 is 2.09 bits per heavy atom. The lowest BCUT2D eigenvalue weighted by atomic mass is 10.0. The van der Waals surface area contributed by atoms with Crippen LogP contribution in [-0.4, -0.2) is 62.7 Å². The Hall–Kier alpha value is -3.10. The van der Waals surface area contributed by atoms with E-state index in [0.29, 0.717) is 5.56 Å². The molecule has 0 radical (unpaired) electrons. The second-order valence-electron chi connectivity index (χ2n) is 7.10. The summed E-state index contributed by atoms with van der Waals surface area (Å²) in [7, 11) is 1.49. The third-order valence-electron chi connectivity index (χ3n) is 5.11. The number of hydrogen-bond donors (Lipinski definition) is 1. The molecule has 1 N–H and O–H groups in total. The molecule has 3 rings (SSSR count). The van der Waals surface area contributed by atoms with Gasteiger partial charge in [0.1, 0.15) is 6.04 Å². The Labute approximate surface area is 187 Å². The van der Waals surface area contributed by atoms with Gasteiger partial charge in [0.2, 0.25) is 5.91 Å². The maximum Gasteiger partial charge on any atom is 0.417 e. The summed E-state index contributed by atoms with van der Waals surface area (Å²) in [6, 6.07) is 5.77. The van der Waals surface area contributed by atoms with Crippen molar-refractivity contribution in [1.29, 1.82) is 5.26 Å². The van der Waals surface area contributed by atoms with Crippen LogP contribution >= 0.6 is 11.3 Å². The molecule has 2 aromatic rings. The normalized spacial score (nSPS) is 16.5. The molecule has 2 amide bonds. The molecular weight excluding hydrogens is 445 g/mol. The molecule has 1 aromatic carbocycles. The molecule has 7 nitrogen and oxygen atoms in total. The number of anilines is 1. The highest BCUT2D eigenvalue weighted by Crippen LogP contribution is 2.35. The van der Waals surface area contributed by atoms with Crippen molar-refractivity contribution in [2.45, 2.75) is 12.2 Å². The van der Waals surface area contributed by atoms with E-state index >= 15 is 0 Å². The number of hydrogen-bond acceptors (Lipinski definition) is 6. The largest absolute Gasteiger partial charge is 0.417 e. The number of benzene rings is 1. The van der Waals surface area contributed by atoms with Gasteiger partial charge in [-0.15, -0.1) is 0 Å². The van der Waals surface area contributed by atoms with Gasteiger partial charge >= 0.3 is 6.18 Å². The number of carbonyl (C=O) groups excluding carboxylic acids is 2. The summed E-state index contributed by atoms with van der Waals surface area (Å²) >= 11 is 1.36. The summed E-state index contributed by atoms with van der Waals surface area (Å²) in [6.45, 7) is 0.920. The van der Waals surface area contributed by atoms with E-state index in [1.807, 2.05) is 0 Å². The van der Waals surface area contributed by atoms with Crippen LogP contribution in [0.15, 0.2) is 35.0 Å². The van der Waals surface area contributed by atoms with Crippen molar-refractivity contribution >= 4 is 28.8 Å². The van der Waals surface area contributed by atoms with Gasteiger partial charge in [-0.2, -0.15) is 29.8 Å². The van der Waals surface area contributed by atoms with Gasteiger partial charge in [-0.1, -0.05) is 0 Å². The molecule has 2 heterocycles. The van der Waals surface area contributed by atoms with Crippen LogP contribution in [0.4, 0.5) is 18.9 Å². The van der Waals surface area contributed by atoms with Crippen molar-refractivity contribution < 1.29 is 27.5 Å². The zero-order valence-electron chi connectivity index (χ0n) is 17.2. The average molecular weight is 466 g/mol. The summed E-state index contributed by atoms with van der Waals surface area (Å²) in [5, 5.41) is 15.2. The predicted molar refractivity (Wildman–Crippen MR) is 112 cm³/mol. The van der Waals surface area contributed by atoms with Crippen molar-refractivity contribution in [2.24, 2.45) is 0 Å². The second-order valence-corrected chi connectivity index (χ2v) is 7.88. The highest BCUT2D eigenvalue weighted by Gasteiger charge is 2.38. The van der Waals surface area contributed by atoms with Gasteiger partial charge in [0.15, 0.2) is 0 Å². The number of nitrogens with zero attached hydrogens (tertiary/aromatic N) is 3. The molecule has 0 bridgehead atoms. The number of methoxy groups -OCH3 is 1. The van der Waals surface area contributed by atoms with E-state index in [9.17, 15) is 22.8 Å². The van der Waals surface area contributed by atoms with Crippen molar-refractivity contribution in [3.05, 3.63) is 51.7 Å². The van der Waals surface area contributed by atoms with Crippen LogP contribution in [0.2, 0.25) is 0 Å². The first-order valence-corrected chi connectivity index (χ1v) is 10.7. The van der Waals surface area contributed by atoms with Gasteiger partial charge in [0.25, 0.3) is 5.91 Å². The number of carbonyl (C=O) groups is 2. The Kier molecular flexibility index (Phi) is 7.37. The summed E-state index contributed by atoms with van der Waals surface area (Å²) in [5.74, 6) is -0.728. The molecule has 32 heavy (non-hydrogen) atoms. The summed E-state index contributed by atoms with van der Waals surface area (Å²) in [5.41, 5.74) is -0.818. The molecule has 1 aliphatic rings. The topological polar surface area (TPSA) is 85.7 Å². The summed E-state index contributed by atoms with van der Waals surface area (Å²) < 4.78 is 45.1. The number of amides is 2. The Bertz CT molecular complexity index is 1000. The summed E-state index contributed by atoms with van der Waals surface area (Å²) in [4.78, 5) is 28.9. The molecule has 1 aromatic heterocycles. The van der Waals surface area contributed by atoms with Crippen LogP contribution in [0, 0.1) is 11.3 Å². The Morgan fingerprint density at radius 1 is 1.31 bits per heavy atom. The Balaban J connectivity index is 1.87. The van der Waals surface area contributed by atoms with Gasteiger partial charge in [-0.25, -0.2) is 0 Å². The van der Waals surface area contributed by atoms with Crippen LogP contribution < -0.4 is 10.2 Å². The molecule has 1 saturated heterocycles. The van der Waals surface area contributed by atoms with E-state index in [4.69, 9.17) is 10.00 Å². The van der Waals surface area contributed by atoms with Crippen LogP contribution in [0.1, 0.15) is 21.5 Å². The third kappa shape index (κ3) is 5.20. The number of nitrogens with one attached hydrogen (secondary N) is 1. The zero-order chi connectivity index (χ0) is 23.3. The van der Waals surface area contributed by atoms with Crippen molar-refractivity contribution in [3.8, 4) is 6.07 Å². The van der Waals surface area contributed by atoms with E-state index in [1.165, 1.54) is 29.4 Å². The highest BCUT2D eigenvalue weighted by molar-refractivity contribution is 7.08. The van der Waals surface area contributed by atoms with Crippen molar-refractivity contribution in [2.75, 3.05) is 44.8 Å². The first-order valence-electron chi connectivity index (χ1n) is 9.72.